The minimum absolute atomic E-state index is 0.128. The van der Waals surface area contributed by atoms with E-state index < -0.39 is 17.8 Å². The molecule has 0 aliphatic rings. The Morgan fingerprint density at radius 3 is 2.41 bits per heavy atom. The highest BCUT2D eigenvalue weighted by molar-refractivity contribution is 6.39. The number of anilines is 1. The van der Waals surface area contributed by atoms with Gasteiger partial charge in [-0.3, -0.25) is 9.59 Å². The Hall–Kier alpha value is -4.40. The first-order valence-electron chi connectivity index (χ1n) is 10.8. The van der Waals surface area contributed by atoms with Crippen molar-refractivity contribution in [1.82, 2.24) is 5.43 Å². The van der Waals surface area contributed by atoms with Crippen molar-refractivity contribution in [1.29, 1.82) is 0 Å². The molecule has 0 saturated carbocycles. The molecule has 0 unspecified atom stereocenters. The molecule has 8 nitrogen and oxygen atoms in total. The number of para-hydroxylation sites is 2. The number of esters is 1. The number of benzene rings is 4. The van der Waals surface area contributed by atoms with Crippen LogP contribution >= 0.6 is 23.2 Å². The molecule has 0 atom stereocenters. The molecule has 4 rings (SSSR count). The van der Waals surface area contributed by atoms with Gasteiger partial charge in [0.2, 0.25) is 0 Å². The lowest BCUT2D eigenvalue weighted by Crippen LogP contribution is -2.32. The Bertz CT molecular complexity index is 1540. The second kappa shape index (κ2) is 11.6. The van der Waals surface area contributed by atoms with Gasteiger partial charge in [0.05, 0.1) is 29.6 Å². The summed E-state index contributed by atoms with van der Waals surface area (Å²) in [6.45, 7) is 0. The number of nitrogens with zero attached hydrogens (tertiary/aromatic N) is 1. The third kappa shape index (κ3) is 6.06. The van der Waals surface area contributed by atoms with Gasteiger partial charge in [-0.15, -0.1) is 0 Å². The summed E-state index contributed by atoms with van der Waals surface area (Å²) in [6.07, 6.45) is 1.29. The molecule has 0 heterocycles. The molecule has 10 heteroatoms. The van der Waals surface area contributed by atoms with Gasteiger partial charge in [-0.05, 0) is 47.2 Å². The zero-order valence-electron chi connectivity index (χ0n) is 19.3. The fourth-order valence-electron chi connectivity index (χ4n) is 3.44. The second-order valence-electron chi connectivity index (χ2n) is 7.57. The highest BCUT2D eigenvalue weighted by atomic mass is 35.5. The van der Waals surface area contributed by atoms with Gasteiger partial charge < -0.3 is 14.8 Å². The third-order valence-corrected chi connectivity index (χ3v) is 5.75. The van der Waals surface area contributed by atoms with Gasteiger partial charge in [-0.25, -0.2) is 10.2 Å². The molecule has 4 aromatic rings. The van der Waals surface area contributed by atoms with Gasteiger partial charge in [0.1, 0.15) is 11.5 Å². The van der Waals surface area contributed by atoms with Gasteiger partial charge in [-0.1, -0.05) is 65.7 Å². The maximum absolute atomic E-state index is 12.8. The quantitative estimate of drug-likeness (QED) is 0.112. The molecule has 186 valence electrons. The third-order valence-electron chi connectivity index (χ3n) is 5.21. The van der Waals surface area contributed by atoms with E-state index in [0.717, 1.165) is 5.39 Å². The van der Waals surface area contributed by atoms with E-state index in [1.165, 1.54) is 31.5 Å². The van der Waals surface area contributed by atoms with E-state index in [9.17, 15) is 14.4 Å². The molecular formula is C27H19Cl2N3O5. The van der Waals surface area contributed by atoms with E-state index in [1.807, 2.05) is 12.1 Å². The van der Waals surface area contributed by atoms with Gasteiger partial charge in [-0.2, -0.15) is 5.10 Å². The number of methoxy groups -OCH3 is 1. The van der Waals surface area contributed by atoms with Gasteiger partial charge in [0.15, 0.2) is 0 Å². The molecule has 0 aromatic heterocycles. The molecule has 2 N–H and O–H groups in total. The lowest BCUT2D eigenvalue weighted by Gasteiger charge is -2.11. The van der Waals surface area contributed by atoms with Crippen molar-refractivity contribution in [3.05, 3.63) is 100 Å². The molecule has 0 fully saturated rings. The largest absolute Gasteiger partial charge is 0.495 e. The summed E-state index contributed by atoms with van der Waals surface area (Å²) in [7, 11) is 1.45. The average Bonchev–Trinajstić information content (AvgIpc) is 2.89. The van der Waals surface area contributed by atoms with Crippen molar-refractivity contribution in [3.8, 4) is 11.5 Å². The Balaban J connectivity index is 1.55. The summed E-state index contributed by atoms with van der Waals surface area (Å²) >= 11 is 12.1. The first-order chi connectivity index (χ1) is 17.9. The fraction of sp³-hybridized carbons (Fsp3) is 0.0370. The minimum Gasteiger partial charge on any atom is -0.495 e. The standard InChI is InChI=1S/C27H19Cl2N3O5/c1-36-24-9-5-4-8-22(24)31-25(33)26(34)32-30-15-20-18-7-3-2-6-16(18)10-13-23(20)37-27(35)19-12-11-17(28)14-21(19)29/h2-15H,1H3,(H,31,33)(H,32,34)/b30-15+. The first kappa shape index (κ1) is 25.7. The second-order valence-corrected chi connectivity index (χ2v) is 8.41. The first-order valence-corrected chi connectivity index (χ1v) is 11.6. The lowest BCUT2D eigenvalue weighted by molar-refractivity contribution is -0.136. The monoisotopic (exact) mass is 535 g/mol. The molecule has 0 aliphatic carbocycles. The number of hydrogen-bond acceptors (Lipinski definition) is 6. The van der Waals surface area contributed by atoms with Crippen molar-refractivity contribution >= 4 is 63.7 Å². The minimum atomic E-state index is -1.01. The molecule has 2 amide bonds. The van der Waals surface area contributed by atoms with Gasteiger partial charge in [0, 0.05) is 10.6 Å². The number of hydrogen-bond donors (Lipinski definition) is 2. The number of hydrazone groups is 1. The van der Waals surface area contributed by atoms with Crippen LogP contribution in [-0.2, 0) is 9.59 Å². The SMILES string of the molecule is COc1ccccc1NC(=O)C(=O)N/N=C/c1c(OC(=O)c2ccc(Cl)cc2Cl)ccc2ccccc12. The highest BCUT2D eigenvalue weighted by Crippen LogP contribution is 2.29. The summed E-state index contributed by atoms with van der Waals surface area (Å²) in [6, 6.07) is 21.8. The number of halogens is 2. The number of carbonyl (C=O) groups excluding carboxylic acids is 3. The Morgan fingerprint density at radius 1 is 0.865 bits per heavy atom. The van der Waals surface area contributed by atoms with Crippen LogP contribution in [0, 0.1) is 0 Å². The maximum atomic E-state index is 12.8. The molecule has 0 bridgehead atoms. The van der Waals surface area contributed by atoms with E-state index in [0.29, 0.717) is 27.4 Å². The maximum Gasteiger partial charge on any atom is 0.345 e. The van der Waals surface area contributed by atoms with Crippen LogP contribution in [0.2, 0.25) is 10.0 Å². The number of amides is 2. The number of rotatable bonds is 6. The van der Waals surface area contributed by atoms with Crippen molar-refractivity contribution in [2.75, 3.05) is 12.4 Å². The number of fused-ring (bicyclic) bond motifs is 1. The average molecular weight is 536 g/mol. The van der Waals surface area contributed by atoms with Crippen LogP contribution in [0.3, 0.4) is 0 Å². The van der Waals surface area contributed by atoms with Crippen LogP contribution in [0.5, 0.6) is 11.5 Å². The zero-order valence-corrected chi connectivity index (χ0v) is 20.8. The summed E-state index contributed by atoms with van der Waals surface area (Å²) in [5, 5.41) is 8.44. The molecule has 37 heavy (non-hydrogen) atoms. The Kier molecular flexibility index (Phi) is 8.02. The highest BCUT2D eigenvalue weighted by Gasteiger charge is 2.18. The van der Waals surface area contributed by atoms with Crippen molar-refractivity contribution in [3.63, 3.8) is 0 Å². The predicted molar refractivity (Wildman–Crippen MR) is 143 cm³/mol. The van der Waals surface area contributed by atoms with Gasteiger partial charge >= 0.3 is 17.8 Å². The summed E-state index contributed by atoms with van der Waals surface area (Å²) in [4.78, 5) is 37.4. The van der Waals surface area contributed by atoms with E-state index >= 15 is 0 Å². The van der Waals surface area contributed by atoms with Crippen LogP contribution < -0.4 is 20.2 Å². The van der Waals surface area contributed by atoms with Crippen LogP contribution in [0.1, 0.15) is 15.9 Å². The van der Waals surface area contributed by atoms with Crippen LogP contribution in [0.25, 0.3) is 10.8 Å². The number of ether oxygens (including phenoxy) is 2. The smallest absolute Gasteiger partial charge is 0.345 e. The predicted octanol–water partition coefficient (Wildman–Crippen LogP) is 5.46. The fourth-order valence-corrected chi connectivity index (χ4v) is 3.93. The molecular weight excluding hydrogens is 517 g/mol. The number of nitrogens with one attached hydrogen (secondary N) is 2. The van der Waals surface area contributed by atoms with Crippen molar-refractivity contribution in [2.45, 2.75) is 0 Å². The Labute approximate surface area is 221 Å². The van der Waals surface area contributed by atoms with Crippen LogP contribution in [-0.4, -0.2) is 31.1 Å². The van der Waals surface area contributed by atoms with Crippen LogP contribution in [0.15, 0.2) is 84.0 Å². The summed E-state index contributed by atoms with van der Waals surface area (Å²) < 4.78 is 10.8. The number of carbonyl (C=O) groups is 3. The normalized spacial score (nSPS) is 10.8. The van der Waals surface area contributed by atoms with E-state index in [2.05, 4.69) is 15.8 Å². The molecule has 4 aromatic carbocycles. The van der Waals surface area contributed by atoms with E-state index in [1.54, 1.807) is 48.5 Å². The summed E-state index contributed by atoms with van der Waals surface area (Å²) in [5.74, 6) is -2.08. The molecule has 0 spiro atoms. The molecule has 0 radical (unpaired) electrons. The van der Waals surface area contributed by atoms with Crippen molar-refractivity contribution in [2.24, 2.45) is 5.10 Å². The topological polar surface area (TPSA) is 106 Å². The van der Waals surface area contributed by atoms with E-state index in [-0.39, 0.29) is 16.3 Å². The Morgan fingerprint density at radius 2 is 1.62 bits per heavy atom. The van der Waals surface area contributed by atoms with Crippen molar-refractivity contribution < 1.29 is 23.9 Å². The summed E-state index contributed by atoms with van der Waals surface area (Å²) in [5.41, 5.74) is 3.05. The zero-order chi connectivity index (χ0) is 26.4. The van der Waals surface area contributed by atoms with Crippen LogP contribution in [0.4, 0.5) is 5.69 Å². The lowest BCUT2D eigenvalue weighted by atomic mass is 10.0. The van der Waals surface area contributed by atoms with E-state index in [4.69, 9.17) is 32.7 Å². The van der Waals surface area contributed by atoms with Gasteiger partial charge in [0.25, 0.3) is 0 Å². The molecule has 0 aliphatic heterocycles. The molecule has 0 saturated heterocycles.